The van der Waals surface area contributed by atoms with Gasteiger partial charge in [-0.05, 0) is 5.46 Å². The SMILES string of the molecule is [B]c1cnn2c(NCc3cnc(N(C)C)nc3)cc(-c3ccccc3)nc12. The Morgan fingerprint density at radius 1 is 1.07 bits per heavy atom. The second-order valence-corrected chi connectivity index (χ2v) is 6.37. The Balaban J connectivity index is 1.66. The van der Waals surface area contributed by atoms with Crippen molar-refractivity contribution in [3.8, 4) is 11.3 Å². The van der Waals surface area contributed by atoms with E-state index in [1.165, 1.54) is 0 Å². The first-order chi connectivity index (χ1) is 13.1. The third-order valence-electron chi connectivity index (χ3n) is 4.13. The Kier molecular flexibility index (Phi) is 4.46. The van der Waals surface area contributed by atoms with Gasteiger partial charge in [0.1, 0.15) is 13.7 Å². The highest BCUT2D eigenvalue weighted by Crippen LogP contribution is 2.21. The van der Waals surface area contributed by atoms with Gasteiger partial charge in [-0.2, -0.15) is 9.61 Å². The number of hydrogen-bond acceptors (Lipinski definition) is 6. The summed E-state index contributed by atoms with van der Waals surface area (Å²) in [5.41, 5.74) is 3.97. The van der Waals surface area contributed by atoms with Crippen molar-refractivity contribution in [3.63, 3.8) is 0 Å². The van der Waals surface area contributed by atoms with E-state index in [1.807, 2.05) is 67.8 Å². The second-order valence-electron chi connectivity index (χ2n) is 6.37. The van der Waals surface area contributed by atoms with Gasteiger partial charge in [0.05, 0.1) is 5.69 Å². The van der Waals surface area contributed by atoms with Crippen molar-refractivity contribution in [1.82, 2.24) is 24.6 Å². The number of anilines is 2. The zero-order valence-corrected chi connectivity index (χ0v) is 15.2. The fourth-order valence-electron chi connectivity index (χ4n) is 2.73. The number of nitrogens with one attached hydrogen (secondary N) is 1. The van der Waals surface area contributed by atoms with Crippen LogP contribution in [0.4, 0.5) is 11.8 Å². The van der Waals surface area contributed by atoms with E-state index in [-0.39, 0.29) is 0 Å². The average Bonchev–Trinajstić information content (AvgIpc) is 3.08. The molecule has 7 nitrogen and oxygen atoms in total. The van der Waals surface area contributed by atoms with Crippen LogP contribution in [-0.2, 0) is 6.54 Å². The van der Waals surface area contributed by atoms with Gasteiger partial charge in [0, 0.05) is 56.4 Å². The number of rotatable bonds is 5. The van der Waals surface area contributed by atoms with Crippen LogP contribution < -0.4 is 15.7 Å². The van der Waals surface area contributed by atoms with Crippen molar-refractivity contribution in [2.24, 2.45) is 0 Å². The third kappa shape index (κ3) is 3.46. The van der Waals surface area contributed by atoms with Crippen molar-refractivity contribution >= 4 is 30.7 Å². The molecule has 0 unspecified atom stereocenters. The molecule has 1 N–H and O–H groups in total. The lowest BCUT2D eigenvalue weighted by Crippen LogP contribution is -2.13. The summed E-state index contributed by atoms with van der Waals surface area (Å²) in [6.45, 7) is 0.556. The Morgan fingerprint density at radius 3 is 2.52 bits per heavy atom. The zero-order chi connectivity index (χ0) is 18.8. The predicted molar refractivity (Wildman–Crippen MR) is 107 cm³/mol. The summed E-state index contributed by atoms with van der Waals surface area (Å²) in [5, 5.41) is 7.72. The summed E-state index contributed by atoms with van der Waals surface area (Å²) < 4.78 is 1.71. The molecule has 3 aromatic heterocycles. The lowest BCUT2D eigenvalue weighted by Gasteiger charge is -2.12. The number of nitrogens with zero attached hydrogens (tertiary/aromatic N) is 6. The summed E-state index contributed by atoms with van der Waals surface area (Å²) >= 11 is 0. The molecule has 132 valence electrons. The topological polar surface area (TPSA) is 71.2 Å². The van der Waals surface area contributed by atoms with Crippen molar-refractivity contribution in [2.75, 3.05) is 24.3 Å². The van der Waals surface area contributed by atoms with Crippen LogP contribution in [0.25, 0.3) is 16.9 Å². The minimum atomic E-state index is 0.537. The fraction of sp³-hybridized carbons (Fsp3) is 0.158. The van der Waals surface area contributed by atoms with Crippen molar-refractivity contribution < 1.29 is 0 Å². The summed E-state index contributed by atoms with van der Waals surface area (Å²) in [5.74, 6) is 1.48. The molecule has 0 saturated heterocycles. The zero-order valence-electron chi connectivity index (χ0n) is 15.2. The monoisotopic (exact) mass is 355 g/mol. The molecule has 0 aliphatic rings. The Bertz CT molecular complexity index is 1060. The molecule has 0 saturated carbocycles. The van der Waals surface area contributed by atoms with E-state index in [0.29, 0.717) is 23.6 Å². The van der Waals surface area contributed by atoms with Gasteiger partial charge < -0.3 is 10.2 Å². The normalized spacial score (nSPS) is 10.9. The number of aromatic nitrogens is 5. The van der Waals surface area contributed by atoms with Crippen molar-refractivity contribution in [1.29, 1.82) is 0 Å². The van der Waals surface area contributed by atoms with E-state index in [0.717, 1.165) is 22.6 Å². The molecule has 0 spiro atoms. The van der Waals surface area contributed by atoms with Gasteiger partial charge in [-0.25, -0.2) is 15.0 Å². The maximum absolute atomic E-state index is 6.05. The highest BCUT2D eigenvalue weighted by molar-refractivity contribution is 6.36. The van der Waals surface area contributed by atoms with Crippen LogP contribution in [0.5, 0.6) is 0 Å². The molecular formula is C19H18BN7. The molecule has 0 aliphatic heterocycles. The van der Waals surface area contributed by atoms with E-state index in [1.54, 1.807) is 10.7 Å². The van der Waals surface area contributed by atoms with Crippen molar-refractivity contribution in [2.45, 2.75) is 6.54 Å². The molecule has 1 aromatic carbocycles. The maximum atomic E-state index is 6.05. The van der Waals surface area contributed by atoms with Crippen LogP contribution in [0.1, 0.15) is 5.56 Å². The molecule has 4 aromatic rings. The molecule has 0 fully saturated rings. The van der Waals surface area contributed by atoms with E-state index >= 15 is 0 Å². The lowest BCUT2D eigenvalue weighted by atomic mass is 10.0. The maximum Gasteiger partial charge on any atom is 0.224 e. The second kappa shape index (κ2) is 7.07. The van der Waals surface area contributed by atoms with Gasteiger partial charge in [0.15, 0.2) is 5.65 Å². The van der Waals surface area contributed by atoms with Crippen LogP contribution in [0.2, 0.25) is 0 Å². The van der Waals surface area contributed by atoms with Gasteiger partial charge in [-0.15, -0.1) is 0 Å². The molecule has 2 radical (unpaired) electrons. The highest BCUT2D eigenvalue weighted by atomic mass is 15.3. The Labute approximate surface area is 158 Å². The molecule has 0 bridgehead atoms. The Morgan fingerprint density at radius 2 is 1.81 bits per heavy atom. The van der Waals surface area contributed by atoms with Crippen LogP contribution in [0.15, 0.2) is 55.0 Å². The quantitative estimate of drug-likeness (QED) is 0.549. The van der Waals surface area contributed by atoms with Crippen LogP contribution in [-0.4, -0.2) is 46.5 Å². The fourth-order valence-corrected chi connectivity index (χ4v) is 2.73. The van der Waals surface area contributed by atoms with Gasteiger partial charge in [0.25, 0.3) is 0 Å². The Hall–Kier alpha value is -3.42. The first-order valence-electron chi connectivity index (χ1n) is 8.53. The van der Waals surface area contributed by atoms with E-state index in [2.05, 4.69) is 25.4 Å². The van der Waals surface area contributed by atoms with E-state index in [9.17, 15) is 0 Å². The van der Waals surface area contributed by atoms with E-state index < -0.39 is 0 Å². The minimum Gasteiger partial charge on any atom is -0.366 e. The molecule has 0 aliphatic carbocycles. The summed E-state index contributed by atoms with van der Waals surface area (Å²) in [6.07, 6.45) is 5.23. The van der Waals surface area contributed by atoms with Gasteiger partial charge in [-0.3, -0.25) is 0 Å². The van der Waals surface area contributed by atoms with Crippen LogP contribution >= 0.6 is 0 Å². The smallest absolute Gasteiger partial charge is 0.224 e. The summed E-state index contributed by atoms with van der Waals surface area (Å²) in [7, 11) is 9.87. The largest absolute Gasteiger partial charge is 0.366 e. The molecule has 3 heterocycles. The number of hydrogen-bond donors (Lipinski definition) is 1. The molecule has 8 heteroatoms. The summed E-state index contributed by atoms with van der Waals surface area (Å²) in [4.78, 5) is 15.2. The van der Waals surface area contributed by atoms with Gasteiger partial charge in [0.2, 0.25) is 5.95 Å². The molecule has 0 atom stereocenters. The van der Waals surface area contributed by atoms with E-state index in [4.69, 9.17) is 7.85 Å². The first kappa shape index (κ1) is 17.0. The molecule has 4 rings (SSSR count). The standard InChI is InChI=1S/C19H18BN7/c1-26(2)19-22-10-13(11-23-19)9-21-17-8-16(14-6-4-3-5-7-14)25-18-15(20)12-24-27(17)18/h3-8,10-12,21H,9H2,1-2H3. The van der Waals surface area contributed by atoms with Crippen molar-refractivity contribution in [3.05, 3.63) is 60.6 Å². The molecule has 27 heavy (non-hydrogen) atoms. The molecular weight excluding hydrogens is 337 g/mol. The van der Waals surface area contributed by atoms with Gasteiger partial charge in [-0.1, -0.05) is 30.3 Å². The minimum absolute atomic E-state index is 0.537. The first-order valence-corrected chi connectivity index (χ1v) is 8.53. The highest BCUT2D eigenvalue weighted by Gasteiger charge is 2.10. The van der Waals surface area contributed by atoms with Gasteiger partial charge >= 0.3 is 0 Å². The van der Waals surface area contributed by atoms with Crippen LogP contribution in [0, 0.1) is 0 Å². The summed E-state index contributed by atoms with van der Waals surface area (Å²) in [6, 6.07) is 11.9. The third-order valence-corrected chi connectivity index (χ3v) is 4.13. The number of benzene rings is 1. The van der Waals surface area contributed by atoms with Crippen LogP contribution in [0.3, 0.4) is 0 Å². The predicted octanol–water partition coefficient (Wildman–Crippen LogP) is 1.66. The lowest BCUT2D eigenvalue weighted by molar-refractivity contribution is 0.918. The average molecular weight is 355 g/mol. The molecule has 0 amide bonds. The number of fused-ring (bicyclic) bond motifs is 1.